The van der Waals surface area contributed by atoms with Gasteiger partial charge in [-0.15, -0.1) is 0 Å². The molecule has 0 bridgehead atoms. The summed E-state index contributed by atoms with van der Waals surface area (Å²) < 4.78 is 22.1. The molecule has 1 heterocycles. The minimum Gasteiger partial charge on any atom is -0.493 e. The molecule has 142 valence electrons. The molecule has 0 radical (unpaired) electrons. The summed E-state index contributed by atoms with van der Waals surface area (Å²) in [6.45, 7) is 5.02. The summed E-state index contributed by atoms with van der Waals surface area (Å²) in [5.41, 5.74) is 2.62. The van der Waals surface area contributed by atoms with Gasteiger partial charge in [0, 0.05) is 35.1 Å². The van der Waals surface area contributed by atoms with Gasteiger partial charge >= 0.3 is 0 Å². The molecule has 0 atom stereocenters. The van der Waals surface area contributed by atoms with Crippen molar-refractivity contribution in [3.05, 3.63) is 42.6 Å². The van der Waals surface area contributed by atoms with E-state index in [4.69, 9.17) is 18.9 Å². The number of hydrogen-bond acceptors (Lipinski definition) is 6. The molecule has 0 saturated carbocycles. The van der Waals surface area contributed by atoms with Gasteiger partial charge in [0.1, 0.15) is 0 Å². The summed E-state index contributed by atoms with van der Waals surface area (Å²) in [4.78, 5) is 4.47. The standard InChI is InChI=1S/C21H24N2O4/c1-5-26-20-12-15-16(9-10-22-17(15)13-21(20)27-6-2)23-14-7-8-18(24-3)19(11-14)25-4/h7-13H,5-6H2,1-4H3,(H,22,23). The Labute approximate surface area is 159 Å². The first-order valence-corrected chi connectivity index (χ1v) is 8.87. The molecule has 1 aromatic heterocycles. The maximum absolute atomic E-state index is 5.75. The number of hydrogen-bond donors (Lipinski definition) is 1. The van der Waals surface area contributed by atoms with Gasteiger partial charge in [0.2, 0.25) is 0 Å². The lowest BCUT2D eigenvalue weighted by Crippen LogP contribution is -2.00. The molecule has 0 aliphatic heterocycles. The van der Waals surface area contributed by atoms with E-state index in [1.165, 1.54) is 0 Å². The third-order valence-electron chi connectivity index (χ3n) is 4.07. The molecule has 0 saturated heterocycles. The van der Waals surface area contributed by atoms with Crippen LogP contribution < -0.4 is 24.3 Å². The molecule has 0 spiro atoms. The second-order valence-electron chi connectivity index (χ2n) is 5.74. The molecule has 6 nitrogen and oxygen atoms in total. The van der Waals surface area contributed by atoms with Crippen LogP contribution in [0.3, 0.4) is 0 Å². The van der Waals surface area contributed by atoms with Crippen LogP contribution in [0, 0.1) is 0 Å². The third kappa shape index (κ3) is 4.00. The Balaban J connectivity index is 2.02. The molecule has 27 heavy (non-hydrogen) atoms. The molecule has 3 rings (SSSR count). The monoisotopic (exact) mass is 368 g/mol. The smallest absolute Gasteiger partial charge is 0.163 e. The lowest BCUT2D eigenvalue weighted by Gasteiger charge is -2.15. The maximum atomic E-state index is 5.75. The average molecular weight is 368 g/mol. The largest absolute Gasteiger partial charge is 0.493 e. The number of methoxy groups -OCH3 is 2. The average Bonchev–Trinajstić information content (AvgIpc) is 2.69. The second-order valence-corrected chi connectivity index (χ2v) is 5.74. The molecule has 0 aliphatic rings. The molecule has 2 aromatic carbocycles. The summed E-state index contributed by atoms with van der Waals surface area (Å²) in [7, 11) is 3.24. The number of nitrogens with zero attached hydrogens (tertiary/aromatic N) is 1. The second kappa shape index (κ2) is 8.49. The Morgan fingerprint density at radius 2 is 1.52 bits per heavy atom. The van der Waals surface area contributed by atoms with Gasteiger partial charge in [-0.2, -0.15) is 0 Å². The van der Waals surface area contributed by atoms with Crippen LogP contribution in [0.1, 0.15) is 13.8 Å². The number of benzene rings is 2. The number of aromatic nitrogens is 1. The zero-order chi connectivity index (χ0) is 19.2. The Morgan fingerprint density at radius 1 is 0.815 bits per heavy atom. The van der Waals surface area contributed by atoms with Crippen molar-refractivity contribution in [3.8, 4) is 23.0 Å². The van der Waals surface area contributed by atoms with E-state index >= 15 is 0 Å². The fraction of sp³-hybridized carbons (Fsp3) is 0.286. The van der Waals surface area contributed by atoms with Crippen LogP contribution in [0.4, 0.5) is 11.4 Å². The van der Waals surface area contributed by atoms with Gasteiger partial charge in [-0.3, -0.25) is 4.98 Å². The summed E-state index contributed by atoms with van der Waals surface area (Å²) in [6.07, 6.45) is 1.77. The van der Waals surface area contributed by atoms with E-state index in [1.807, 2.05) is 50.2 Å². The number of ether oxygens (including phenoxy) is 4. The molecular weight excluding hydrogens is 344 g/mol. The van der Waals surface area contributed by atoms with Crippen LogP contribution in [0.5, 0.6) is 23.0 Å². The minimum atomic E-state index is 0.560. The number of fused-ring (bicyclic) bond motifs is 1. The van der Waals surface area contributed by atoms with Crippen molar-refractivity contribution in [1.29, 1.82) is 0 Å². The summed E-state index contributed by atoms with van der Waals surface area (Å²) in [5, 5.41) is 4.37. The molecule has 0 aliphatic carbocycles. The van der Waals surface area contributed by atoms with Crippen LogP contribution in [0.15, 0.2) is 42.6 Å². The van der Waals surface area contributed by atoms with Crippen molar-refractivity contribution >= 4 is 22.3 Å². The number of rotatable bonds is 8. The molecule has 0 fully saturated rings. The molecule has 6 heteroatoms. The van der Waals surface area contributed by atoms with Crippen LogP contribution in [-0.4, -0.2) is 32.4 Å². The van der Waals surface area contributed by atoms with E-state index in [1.54, 1.807) is 20.4 Å². The van der Waals surface area contributed by atoms with E-state index in [0.29, 0.717) is 36.2 Å². The van der Waals surface area contributed by atoms with E-state index < -0.39 is 0 Å². The van der Waals surface area contributed by atoms with E-state index in [2.05, 4.69) is 10.3 Å². The van der Waals surface area contributed by atoms with Crippen LogP contribution in [0.25, 0.3) is 10.9 Å². The molecule has 0 unspecified atom stereocenters. The van der Waals surface area contributed by atoms with Crippen molar-refractivity contribution in [2.75, 3.05) is 32.8 Å². The minimum absolute atomic E-state index is 0.560. The quantitative estimate of drug-likeness (QED) is 0.617. The Morgan fingerprint density at radius 3 is 2.19 bits per heavy atom. The number of anilines is 2. The summed E-state index contributed by atoms with van der Waals surface area (Å²) in [5.74, 6) is 2.75. The molecule has 1 N–H and O–H groups in total. The highest BCUT2D eigenvalue weighted by atomic mass is 16.5. The molecule has 3 aromatic rings. The fourth-order valence-corrected chi connectivity index (χ4v) is 2.87. The predicted octanol–water partition coefficient (Wildman–Crippen LogP) is 4.79. The fourth-order valence-electron chi connectivity index (χ4n) is 2.87. The van der Waals surface area contributed by atoms with Gasteiger partial charge in [-0.1, -0.05) is 0 Å². The Bertz CT molecular complexity index is 927. The van der Waals surface area contributed by atoms with Crippen LogP contribution in [-0.2, 0) is 0 Å². The zero-order valence-corrected chi connectivity index (χ0v) is 16.0. The first-order valence-electron chi connectivity index (χ1n) is 8.87. The van der Waals surface area contributed by atoms with Crippen molar-refractivity contribution in [3.63, 3.8) is 0 Å². The molecular formula is C21H24N2O4. The normalized spacial score (nSPS) is 10.5. The van der Waals surface area contributed by atoms with Crippen molar-refractivity contribution in [1.82, 2.24) is 4.98 Å². The SMILES string of the molecule is CCOc1cc2nccc(Nc3ccc(OC)c(OC)c3)c2cc1OCC. The highest BCUT2D eigenvalue weighted by Crippen LogP contribution is 2.37. The summed E-state index contributed by atoms with van der Waals surface area (Å²) >= 11 is 0. The van der Waals surface area contributed by atoms with Crippen LogP contribution >= 0.6 is 0 Å². The van der Waals surface area contributed by atoms with E-state index in [9.17, 15) is 0 Å². The molecule has 0 amide bonds. The van der Waals surface area contributed by atoms with Gasteiger partial charge in [-0.05, 0) is 38.1 Å². The highest BCUT2D eigenvalue weighted by molar-refractivity contribution is 5.95. The van der Waals surface area contributed by atoms with Gasteiger partial charge in [0.05, 0.1) is 33.0 Å². The third-order valence-corrected chi connectivity index (χ3v) is 4.07. The van der Waals surface area contributed by atoms with Crippen molar-refractivity contribution in [2.24, 2.45) is 0 Å². The summed E-state index contributed by atoms with van der Waals surface area (Å²) in [6, 6.07) is 11.5. The van der Waals surface area contributed by atoms with Gasteiger partial charge in [-0.25, -0.2) is 0 Å². The van der Waals surface area contributed by atoms with E-state index in [-0.39, 0.29) is 0 Å². The van der Waals surface area contributed by atoms with Gasteiger partial charge < -0.3 is 24.3 Å². The predicted molar refractivity (Wildman–Crippen MR) is 107 cm³/mol. The van der Waals surface area contributed by atoms with Gasteiger partial charge in [0.25, 0.3) is 0 Å². The topological polar surface area (TPSA) is 61.8 Å². The number of pyridine rings is 1. The van der Waals surface area contributed by atoms with Crippen molar-refractivity contribution < 1.29 is 18.9 Å². The zero-order valence-electron chi connectivity index (χ0n) is 16.0. The van der Waals surface area contributed by atoms with Gasteiger partial charge in [0.15, 0.2) is 23.0 Å². The van der Waals surface area contributed by atoms with E-state index in [0.717, 1.165) is 22.3 Å². The lowest BCUT2D eigenvalue weighted by atomic mass is 10.1. The number of nitrogens with one attached hydrogen (secondary N) is 1. The first-order chi connectivity index (χ1) is 13.2. The van der Waals surface area contributed by atoms with Crippen molar-refractivity contribution in [2.45, 2.75) is 13.8 Å². The Kier molecular flexibility index (Phi) is 5.86. The maximum Gasteiger partial charge on any atom is 0.163 e. The Hall–Kier alpha value is -3.15. The lowest BCUT2D eigenvalue weighted by molar-refractivity contribution is 0.288. The van der Waals surface area contributed by atoms with Crippen LogP contribution in [0.2, 0.25) is 0 Å². The highest BCUT2D eigenvalue weighted by Gasteiger charge is 2.12. The first kappa shape index (κ1) is 18.6.